The van der Waals surface area contributed by atoms with Gasteiger partial charge in [0.05, 0.1) is 22.2 Å². The number of H-pyrrole nitrogens is 1. The SMILES string of the molecule is C/C(=C\c1ccc2c(c1)N(S(=O)(=O)c1cccc(C)c1)C[C@H](CCCc1noc(=O)[nH]1)O2)c1c(F)cccc1Cl. The molecule has 0 aliphatic carbocycles. The summed E-state index contributed by atoms with van der Waals surface area (Å²) in [6, 6.07) is 16.5. The molecule has 1 aliphatic heterocycles. The van der Waals surface area contributed by atoms with Gasteiger partial charge in [0.2, 0.25) is 0 Å². The minimum atomic E-state index is -3.94. The molecule has 8 nitrogen and oxygen atoms in total. The van der Waals surface area contributed by atoms with Crippen molar-refractivity contribution in [3.63, 3.8) is 0 Å². The van der Waals surface area contributed by atoms with E-state index in [0.717, 1.165) is 5.56 Å². The molecule has 1 N–H and O–H groups in total. The normalized spacial score (nSPS) is 15.6. The van der Waals surface area contributed by atoms with Crippen LogP contribution in [0.25, 0.3) is 11.6 Å². The summed E-state index contributed by atoms with van der Waals surface area (Å²) in [6.07, 6.45) is 2.87. The van der Waals surface area contributed by atoms with Crippen molar-refractivity contribution in [1.29, 1.82) is 0 Å². The number of fused-ring (bicyclic) bond motifs is 1. The first kappa shape index (κ1) is 27.7. The van der Waals surface area contributed by atoms with Gasteiger partial charge >= 0.3 is 5.76 Å². The Labute approximate surface area is 236 Å². The van der Waals surface area contributed by atoms with Crippen molar-refractivity contribution in [3.05, 3.63) is 105 Å². The van der Waals surface area contributed by atoms with Crippen molar-refractivity contribution in [2.45, 2.75) is 44.1 Å². The molecule has 4 aromatic rings. The molecule has 40 heavy (non-hydrogen) atoms. The van der Waals surface area contributed by atoms with Gasteiger partial charge in [-0.25, -0.2) is 17.6 Å². The van der Waals surface area contributed by atoms with Crippen LogP contribution < -0.4 is 14.8 Å². The smallest absolute Gasteiger partial charge is 0.438 e. The fourth-order valence-electron chi connectivity index (χ4n) is 4.76. The summed E-state index contributed by atoms with van der Waals surface area (Å²) in [5.41, 5.74) is 2.76. The third kappa shape index (κ3) is 5.83. The number of aromatic nitrogens is 2. The second kappa shape index (κ2) is 11.3. The quantitative estimate of drug-likeness (QED) is 0.255. The molecule has 0 spiro atoms. The minimum Gasteiger partial charge on any atom is -0.486 e. The zero-order valence-electron chi connectivity index (χ0n) is 21.9. The predicted octanol–water partition coefficient (Wildman–Crippen LogP) is 6.00. The summed E-state index contributed by atoms with van der Waals surface area (Å²) in [5.74, 6) is -0.220. The molecule has 0 radical (unpaired) electrons. The lowest BCUT2D eigenvalue weighted by Gasteiger charge is -2.36. The van der Waals surface area contributed by atoms with Gasteiger partial charge in [-0.05, 0) is 79.8 Å². The molecule has 0 fully saturated rings. The highest BCUT2D eigenvalue weighted by atomic mass is 35.5. The van der Waals surface area contributed by atoms with Crippen molar-refractivity contribution in [3.8, 4) is 5.75 Å². The number of benzene rings is 3. The van der Waals surface area contributed by atoms with Gasteiger partial charge in [-0.3, -0.25) is 13.8 Å². The molecule has 2 heterocycles. The zero-order chi connectivity index (χ0) is 28.4. The van der Waals surface area contributed by atoms with Crippen LogP contribution in [0.3, 0.4) is 0 Å². The molecule has 3 aromatic carbocycles. The second-order valence-corrected chi connectivity index (χ2v) is 11.9. The fraction of sp³-hybridized carbons (Fsp3) is 0.241. The van der Waals surface area contributed by atoms with Crippen molar-refractivity contribution in [2.24, 2.45) is 0 Å². The molecule has 0 bridgehead atoms. The summed E-state index contributed by atoms with van der Waals surface area (Å²) in [4.78, 5) is 13.9. The number of hydrogen-bond donors (Lipinski definition) is 1. The van der Waals surface area contributed by atoms with Gasteiger partial charge in [0.15, 0.2) is 5.82 Å². The number of halogens is 2. The van der Waals surface area contributed by atoms with Crippen LogP contribution in [0.2, 0.25) is 5.02 Å². The Balaban J connectivity index is 1.49. The highest BCUT2D eigenvalue weighted by Crippen LogP contribution is 2.39. The van der Waals surface area contributed by atoms with Gasteiger partial charge in [-0.15, -0.1) is 0 Å². The topological polar surface area (TPSA) is 106 Å². The van der Waals surface area contributed by atoms with Crippen LogP contribution in [0.4, 0.5) is 10.1 Å². The Hall–Kier alpha value is -3.89. The number of rotatable bonds is 8. The summed E-state index contributed by atoms with van der Waals surface area (Å²) in [5, 5.41) is 3.96. The van der Waals surface area contributed by atoms with Gasteiger partial charge in [-0.2, -0.15) is 0 Å². The molecule has 0 saturated carbocycles. The molecular weight excluding hydrogens is 557 g/mol. The number of nitrogens with one attached hydrogen (secondary N) is 1. The Morgan fingerprint density at radius 2 is 2.00 bits per heavy atom. The number of aromatic amines is 1. The standard InChI is InChI=1S/C29H27ClFN3O5S/c1-18-6-3-8-22(14-18)40(36,37)34-17-21(7-4-11-27-32-29(35)39-33-27)38-26-13-12-20(16-25(26)34)15-19(2)28-23(30)9-5-10-24(28)31/h3,5-6,8-10,12-16,21H,4,7,11,17H2,1-2H3,(H,32,33,35)/b19-15+/t21-/m0/s1. The molecule has 5 rings (SSSR count). The predicted molar refractivity (Wildman–Crippen MR) is 152 cm³/mol. The second-order valence-electron chi connectivity index (χ2n) is 9.68. The van der Waals surface area contributed by atoms with Crippen molar-refractivity contribution < 1.29 is 22.1 Å². The molecule has 1 aromatic heterocycles. The molecule has 0 unspecified atom stereocenters. The first-order chi connectivity index (χ1) is 19.1. The van der Waals surface area contributed by atoms with Gasteiger partial charge in [0.25, 0.3) is 10.0 Å². The lowest BCUT2D eigenvalue weighted by molar-refractivity contribution is 0.186. The van der Waals surface area contributed by atoms with Crippen LogP contribution in [0.5, 0.6) is 5.75 Å². The minimum absolute atomic E-state index is 0.0872. The highest BCUT2D eigenvalue weighted by molar-refractivity contribution is 7.92. The average molecular weight is 584 g/mol. The maximum Gasteiger partial charge on any atom is 0.438 e. The number of ether oxygens (including phenoxy) is 1. The van der Waals surface area contributed by atoms with Crippen molar-refractivity contribution in [2.75, 3.05) is 10.8 Å². The van der Waals surface area contributed by atoms with Crippen molar-refractivity contribution in [1.82, 2.24) is 10.1 Å². The van der Waals surface area contributed by atoms with Crippen LogP contribution in [0.15, 0.2) is 74.9 Å². The van der Waals surface area contributed by atoms with E-state index in [1.807, 2.05) is 13.0 Å². The summed E-state index contributed by atoms with van der Waals surface area (Å²) < 4.78 is 54.5. The van der Waals surface area contributed by atoms with Crippen LogP contribution in [-0.4, -0.2) is 31.2 Å². The third-order valence-corrected chi connectivity index (χ3v) is 8.75. The number of hydrogen-bond acceptors (Lipinski definition) is 6. The Morgan fingerprint density at radius 3 is 2.73 bits per heavy atom. The van der Waals surface area contributed by atoms with E-state index >= 15 is 0 Å². The van der Waals surface area contributed by atoms with E-state index in [-0.39, 0.29) is 22.0 Å². The number of anilines is 1. The lowest BCUT2D eigenvalue weighted by atomic mass is 10.0. The van der Waals surface area contributed by atoms with Crippen LogP contribution in [-0.2, 0) is 16.4 Å². The maximum absolute atomic E-state index is 14.5. The van der Waals surface area contributed by atoms with E-state index in [1.165, 1.54) is 10.4 Å². The van der Waals surface area contributed by atoms with Gasteiger partial charge in [0, 0.05) is 12.0 Å². The molecule has 0 saturated heterocycles. The van der Waals surface area contributed by atoms with Crippen LogP contribution in [0, 0.1) is 12.7 Å². The molecule has 1 atom stereocenters. The van der Waals surface area contributed by atoms with Crippen molar-refractivity contribution >= 4 is 39.0 Å². The Morgan fingerprint density at radius 1 is 1.20 bits per heavy atom. The summed E-state index contributed by atoms with van der Waals surface area (Å²) in [6.45, 7) is 3.67. The van der Waals surface area contributed by atoms with E-state index in [4.69, 9.17) is 16.3 Å². The lowest BCUT2D eigenvalue weighted by Crippen LogP contribution is -2.43. The number of sulfonamides is 1. The van der Waals surface area contributed by atoms with E-state index in [0.29, 0.717) is 47.7 Å². The molecule has 11 heteroatoms. The summed E-state index contributed by atoms with van der Waals surface area (Å²) in [7, 11) is -3.94. The number of aryl methyl sites for hydroxylation is 2. The van der Waals surface area contributed by atoms with Crippen LogP contribution in [0.1, 0.15) is 42.3 Å². The highest BCUT2D eigenvalue weighted by Gasteiger charge is 2.34. The largest absolute Gasteiger partial charge is 0.486 e. The number of nitrogens with zero attached hydrogens (tertiary/aromatic N) is 2. The molecule has 208 valence electrons. The zero-order valence-corrected chi connectivity index (χ0v) is 23.4. The summed E-state index contributed by atoms with van der Waals surface area (Å²) >= 11 is 6.25. The molecular formula is C29H27ClFN3O5S. The Bertz CT molecular complexity index is 1730. The third-order valence-electron chi connectivity index (χ3n) is 6.66. The van der Waals surface area contributed by atoms with E-state index in [1.54, 1.807) is 61.5 Å². The maximum atomic E-state index is 14.5. The van der Waals surface area contributed by atoms with Gasteiger partial charge in [0.1, 0.15) is 17.7 Å². The van der Waals surface area contributed by atoms with E-state index in [2.05, 4.69) is 14.7 Å². The Kier molecular flexibility index (Phi) is 7.82. The molecule has 1 aliphatic rings. The first-order valence-corrected chi connectivity index (χ1v) is 14.5. The van der Waals surface area contributed by atoms with E-state index < -0.39 is 27.7 Å². The van der Waals surface area contributed by atoms with E-state index in [9.17, 15) is 17.6 Å². The first-order valence-electron chi connectivity index (χ1n) is 12.7. The van der Waals surface area contributed by atoms with Gasteiger partial charge in [-0.1, -0.05) is 47.1 Å². The average Bonchev–Trinajstić information content (AvgIpc) is 3.33. The molecule has 0 amide bonds. The number of allylic oxidation sites excluding steroid dienone is 1. The van der Waals surface area contributed by atoms with Gasteiger partial charge < -0.3 is 4.74 Å². The fourth-order valence-corrected chi connectivity index (χ4v) is 6.68. The monoisotopic (exact) mass is 583 g/mol. The van der Waals surface area contributed by atoms with Crippen LogP contribution >= 0.6 is 11.6 Å².